The fourth-order valence-corrected chi connectivity index (χ4v) is 2.63. The van der Waals surface area contributed by atoms with E-state index in [1.54, 1.807) is 0 Å². The van der Waals surface area contributed by atoms with Crippen LogP contribution in [0.15, 0.2) is 0 Å². The average Bonchev–Trinajstić information content (AvgIpc) is 2.61. The molecule has 1 unspecified atom stereocenters. The number of thiol groups is 1. The van der Waals surface area contributed by atoms with E-state index >= 15 is 0 Å². The van der Waals surface area contributed by atoms with Gasteiger partial charge in [-0.2, -0.15) is 12.6 Å². The quantitative estimate of drug-likeness (QED) is 0.657. The minimum Gasteiger partial charge on any atom is -0.338 e. The first-order valence-electron chi connectivity index (χ1n) is 5.42. The second kappa shape index (κ2) is 4.53. The van der Waals surface area contributed by atoms with Crippen LogP contribution >= 0.6 is 12.6 Å². The molecule has 4 heteroatoms. The molecule has 2 aliphatic rings. The molecule has 2 saturated heterocycles. The zero-order valence-corrected chi connectivity index (χ0v) is 9.30. The molecule has 2 rings (SSSR count). The molecule has 2 aliphatic heterocycles. The molecule has 2 atom stereocenters. The molecule has 3 nitrogen and oxygen atoms in total. The van der Waals surface area contributed by atoms with Gasteiger partial charge in [-0.15, -0.1) is 0 Å². The van der Waals surface area contributed by atoms with Crippen LogP contribution in [0.5, 0.6) is 0 Å². The summed E-state index contributed by atoms with van der Waals surface area (Å²) >= 11 is 4.27. The second-order valence-corrected chi connectivity index (χ2v) is 4.66. The van der Waals surface area contributed by atoms with E-state index in [1.807, 2.05) is 0 Å². The molecule has 0 saturated carbocycles. The van der Waals surface area contributed by atoms with Crippen molar-refractivity contribution in [3.8, 4) is 0 Å². The highest BCUT2D eigenvalue weighted by Gasteiger charge is 2.33. The third-order valence-electron chi connectivity index (χ3n) is 3.21. The molecule has 0 aromatic heterocycles. The standard InChI is InChI=1S/C10H18N2OS/c13-10-4-8(7-14)6-12(10)9-2-1-3-11-5-9/h8-9,11,14H,1-7H2/t8?,9-/m1/s1. The van der Waals surface area contributed by atoms with Crippen LogP contribution in [0.4, 0.5) is 0 Å². The molecule has 2 fully saturated rings. The van der Waals surface area contributed by atoms with Gasteiger partial charge in [0.25, 0.3) is 0 Å². The van der Waals surface area contributed by atoms with Crippen molar-refractivity contribution in [3.05, 3.63) is 0 Å². The van der Waals surface area contributed by atoms with Crippen LogP contribution in [0.3, 0.4) is 0 Å². The molecule has 14 heavy (non-hydrogen) atoms. The van der Waals surface area contributed by atoms with Gasteiger partial charge in [0.2, 0.25) is 5.91 Å². The van der Waals surface area contributed by atoms with Crippen LogP contribution < -0.4 is 5.32 Å². The molecule has 1 N–H and O–H groups in total. The van der Waals surface area contributed by atoms with Gasteiger partial charge in [0.05, 0.1) is 0 Å². The number of carbonyl (C=O) groups is 1. The summed E-state index contributed by atoms with van der Waals surface area (Å²) in [4.78, 5) is 13.8. The number of carbonyl (C=O) groups excluding carboxylic acids is 1. The molecule has 1 amide bonds. The number of nitrogens with zero attached hydrogens (tertiary/aromatic N) is 1. The van der Waals surface area contributed by atoms with Gasteiger partial charge in [0.1, 0.15) is 0 Å². The lowest BCUT2D eigenvalue weighted by molar-refractivity contribution is -0.129. The van der Waals surface area contributed by atoms with E-state index in [-0.39, 0.29) is 0 Å². The van der Waals surface area contributed by atoms with Crippen molar-refractivity contribution in [2.75, 3.05) is 25.4 Å². The Hall–Kier alpha value is -0.220. The Bertz CT molecular complexity index is 216. The number of likely N-dealkylation sites (tertiary alicyclic amines) is 1. The first kappa shape index (κ1) is 10.3. The van der Waals surface area contributed by atoms with E-state index in [9.17, 15) is 4.79 Å². The number of hydrogen-bond donors (Lipinski definition) is 2. The van der Waals surface area contributed by atoms with E-state index in [0.29, 0.717) is 24.3 Å². The number of rotatable bonds is 2. The Morgan fingerprint density at radius 2 is 2.43 bits per heavy atom. The molecule has 80 valence electrons. The minimum atomic E-state index is 0.331. The summed E-state index contributed by atoms with van der Waals surface area (Å²) < 4.78 is 0. The summed E-state index contributed by atoms with van der Waals surface area (Å²) in [5.41, 5.74) is 0. The first-order chi connectivity index (χ1) is 6.81. The highest BCUT2D eigenvalue weighted by molar-refractivity contribution is 7.80. The zero-order chi connectivity index (χ0) is 9.97. The molecule has 2 heterocycles. The zero-order valence-electron chi connectivity index (χ0n) is 8.41. The van der Waals surface area contributed by atoms with Gasteiger partial charge in [-0.1, -0.05) is 0 Å². The van der Waals surface area contributed by atoms with Crippen molar-refractivity contribution in [3.63, 3.8) is 0 Å². The van der Waals surface area contributed by atoms with Crippen LogP contribution in [-0.4, -0.2) is 42.2 Å². The predicted molar refractivity (Wildman–Crippen MR) is 59.6 cm³/mol. The van der Waals surface area contributed by atoms with Crippen LogP contribution in [0.25, 0.3) is 0 Å². The van der Waals surface area contributed by atoms with E-state index in [1.165, 1.54) is 6.42 Å². The fraction of sp³-hybridized carbons (Fsp3) is 0.900. The maximum absolute atomic E-state index is 11.7. The van der Waals surface area contributed by atoms with Crippen LogP contribution in [0.1, 0.15) is 19.3 Å². The Morgan fingerprint density at radius 3 is 3.00 bits per heavy atom. The fourth-order valence-electron chi connectivity index (χ4n) is 2.38. The number of piperidine rings is 1. The summed E-state index contributed by atoms with van der Waals surface area (Å²) in [5, 5.41) is 3.35. The largest absolute Gasteiger partial charge is 0.338 e. The highest BCUT2D eigenvalue weighted by atomic mass is 32.1. The number of amides is 1. The number of nitrogens with one attached hydrogen (secondary N) is 1. The molecular formula is C10H18N2OS. The normalized spacial score (nSPS) is 33.8. The van der Waals surface area contributed by atoms with Gasteiger partial charge in [-0.3, -0.25) is 4.79 Å². The van der Waals surface area contributed by atoms with Crippen molar-refractivity contribution >= 4 is 18.5 Å². The van der Waals surface area contributed by atoms with Crippen molar-refractivity contribution in [1.29, 1.82) is 0 Å². The minimum absolute atomic E-state index is 0.331. The van der Waals surface area contributed by atoms with Crippen LogP contribution in [0.2, 0.25) is 0 Å². The monoisotopic (exact) mass is 214 g/mol. The van der Waals surface area contributed by atoms with Gasteiger partial charge < -0.3 is 10.2 Å². The SMILES string of the molecule is O=C1CC(CS)CN1[C@@H]1CCCNC1. The number of hydrogen-bond acceptors (Lipinski definition) is 3. The van der Waals surface area contributed by atoms with Crippen molar-refractivity contribution in [2.45, 2.75) is 25.3 Å². The Labute approximate surface area is 90.6 Å². The molecule has 0 radical (unpaired) electrons. The van der Waals surface area contributed by atoms with Crippen molar-refractivity contribution in [2.24, 2.45) is 5.92 Å². The van der Waals surface area contributed by atoms with Gasteiger partial charge in [0, 0.05) is 25.6 Å². The van der Waals surface area contributed by atoms with E-state index in [4.69, 9.17) is 0 Å². The maximum Gasteiger partial charge on any atom is 0.223 e. The van der Waals surface area contributed by atoms with Gasteiger partial charge in [-0.05, 0) is 31.1 Å². The highest BCUT2D eigenvalue weighted by Crippen LogP contribution is 2.23. The molecular weight excluding hydrogens is 196 g/mol. The van der Waals surface area contributed by atoms with E-state index in [2.05, 4.69) is 22.8 Å². The van der Waals surface area contributed by atoms with Gasteiger partial charge >= 0.3 is 0 Å². The summed E-state index contributed by atoms with van der Waals surface area (Å²) in [5.74, 6) is 1.65. The summed E-state index contributed by atoms with van der Waals surface area (Å²) in [6.07, 6.45) is 3.07. The van der Waals surface area contributed by atoms with Crippen molar-refractivity contribution in [1.82, 2.24) is 10.2 Å². The maximum atomic E-state index is 11.7. The lowest BCUT2D eigenvalue weighted by Crippen LogP contribution is -2.46. The second-order valence-electron chi connectivity index (χ2n) is 4.30. The summed E-state index contributed by atoms with van der Waals surface area (Å²) in [6, 6.07) is 0.445. The molecule has 0 aliphatic carbocycles. The summed E-state index contributed by atoms with van der Waals surface area (Å²) in [7, 11) is 0. The molecule has 0 aromatic carbocycles. The Morgan fingerprint density at radius 1 is 1.57 bits per heavy atom. The lowest BCUT2D eigenvalue weighted by Gasteiger charge is -2.31. The molecule has 0 spiro atoms. The van der Waals surface area contributed by atoms with Crippen LogP contribution in [-0.2, 0) is 4.79 Å². The smallest absolute Gasteiger partial charge is 0.223 e. The summed E-state index contributed by atoms with van der Waals surface area (Å²) in [6.45, 7) is 3.01. The Kier molecular flexibility index (Phi) is 3.34. The lowest BCUT2D eigenvalue weighted by atomic mass is 10.1. The third-order valence-corrected chi connectivity index (χ3v) is 3.72. The van der Waals surface area contributed by atoms with Gasteiger partial charge in [-0.25, -0.2) is 0 Å². The topological polar surface area (TPSA) is 32.3 Å². The molecule has 0 aromatic rings. The van der Waals surface area contributed by atoms with E-state index < -0.39 is 0 Å². The van der Waals surface area contributed by atoms with Crippen molar-refractivity contribution < 1.29 is 4.79 Å². The first-order valence-corrected chi connectivity index (χ1v) is 6.05. The van der Waals surface area contributed by atoms with Gasteiger partial charge in [0.15, 0.2) is 0 Å². The third kappa shape index (κ3) is 2.06. The Balaban J connectivity index is 1.93. The molecule has 0 bridgehead atoms. The predicted octanol–water partition coefficient (Wildman–Crippen LogP) is 0.517. The average molecular weight is 214 g/mol. The van der Waals surface area contributed by atoms with E-state index in [0.717, 1.165) is 31.8 Å². The van der Waals surface area contributed by atoms with Crippen LogP contribution in [0, 0.1) is 5.92 Å².